The highest BCUT2D eigenvalue weighted by Crippen LogP contribution is 2.19. The third-order valence-electron chi connectivity index (χ3n) is 2.55. The zero-order valence-corrected chi connectivity index (χ0v) is 9.37. The highest BCUT2D eigenvalue weighted by Gasteiger charge is 2.11. The van der Waals surface area contributed by atoms with Crippen molar-refractivity contribution in [3.05, 3.63) is 34.4 Å². The molecule has 0 amide bonds. The summed E-state index contributed by atoms with van der Waals surface area (Å²) in [6, 6.07) is 6.21. The van der Waals surface area contributed by atoms with Gasteiger partial charge in [0.05, 0.1) is 24.2 Å². The Hall–Kier alpha value is -1.66. The molecule has 92 valence electrons. The van der Waals surface area contributed by atoms with Crippen molar-refractivity contribution in [2.45, 2.75) is 0 Å². The molecule has 0 radical (unpaired) electrons. The summed E-state index contributed by atoms with van der Waals surface area (Å²) in [5.41, 5.74) is 0.0458. The highest BCUT2D eigenvalue weighted by molar-refractivity contribution is 5.37. The maximum absolute atomic E-state index is 10.6. The van der Waals surface area contributed by atoms with E-state index in [1.807, 2.05) is 0 Å². The second kappa shape index (κ2) is 5.60. The van der Waals surface area contributed by atoms with Gasteiger partial charge in [0.25, 0.3) is 5.69 Å². The fourth-order valence-electron chi connectivity index (χ4n) is 1.58. The topological polar surface area (TPSA) is 64.8 Å². The van der Waals surface area contributed by atoms with Gasteiger partial charge in [-0.25, -0.2) is 0 Å². The van der Waals surface area contributed by atoms with Crippen LogP contribution in [-0.4, -0.2) is 42.9 Å². The molecule has 0 N–H and O–H groups in total. The van der Waals surface area contributed by atoms with Crippen molar-refractivity contribution < 1.29 is 14.4 Å². The first kappa shape index (κ1) is 11.8. The summed E-state index contributed by atoms with van der Waals surface area (Å²) < 4.78 is 10.7. The molecule has 6 nitrogen and oxygen atoms in total. The lowest BCUT2D eigenvalue weighted by molar-refractivity contribution is -0.384. The van der Waals surface area contributed by atoms with Crippen LogP contribution in [0.2, 0.25) is 0 Å². The Bertz CT molecular complexity index is 391. The van der Waals surface area contributed by atoms with Crippen molar-refractivity contribution in [3.63, 3.8) is 0 Å². The Morgan fingerprint density at radius 2 is 2.18 bits per heavy atom. The lowest BCUT2D eigenvalue weighted by Crippen LogP contribution is -2.38. The maximum Gasteiger partial charge on any atom is 0.273 e. The second-order valence-electron chi connectivity index (χ2n) is 3.76. The lowest BCUT2D eigenvalue weighted by atomic mass is 10.3. The summed E-state index contributed by atoms with van der Waals surface area (Å²) in [4.78, 5) is 12.3. The van der Waals surface area contributed by atoms with E-state index in [2.05, 4.69) is 4.90 Å². The number of morpholine rings is 1. The summed E-state index contributed by atoms with van der Waals surface area (Å²) in [7, 11) is 0. The molecule has 0 unspecified atom stereocenters. The first-order valence-corrected chi connectivity index (χ1v) is 5.43. The van der Waals surface area contributed by atoms with Gasteiger partial charge in [0, 0.05) is 19.2 Å². The predicted molar refractivity (Wildman–Crippen MR) is 61.0 cm³/mol. The second-order valence-corrected chi connectivity index (χ2v) is 3.76. The SMILES string of the molecule is O=[N+]([O-])c1cccc(OCN2CCOCC2)c1. The van der Waals surface area contributed by atoms with E-state index in [0.717, 1.165) is 13.1 Å². The molecule has 1 aliphatic rings. The Balaban J connectivity index is 1.89. The first-order valence-electron chi connectivity index (χ1n) is 5.43. The number of nitrogens with zero attached hydrogens (tertiary/aromatic N) is 2. The smallest absolute Gasteiger partial charge is 0.273 e. The van der Waals surface area contributed by atoms with E-state index >= 15 is 0 Å². The minimum Gasteiger partial charge on any atom is -0.478 e. The fraction of sp³-hybridized carbons (Fsp3) is 0.455. The zero-order valence-electron chi connectivity index (χ0n) is 9.37. The van der Waals surface area contributed by atoms with E-state index in [0.29, 0.717) is 25.7 Å². The predicted octanol–water partition coefficient (Wildman–Crippen LogP) is 1.26. The average molecular weight is 238 g/mol. The number of ether oxygens (including phenoxy) is 2. The normalized spacial score (nSPS) is 16.7. The summed E-state index contributed by atoms with van der Waals surface area (Å²) in [5, 5.41) is 10.6. The standard InChI is InChI=1S/C11H14N2O4/c14-13(15)10-2-1-3-11(8-10)17-9-12-4-6-16-7-5-12/h1-3,8H,4-7,9H2. The Kier molecular flexibility index (Phi) is 3.89. The number of benzene rings is 1. The van der Waals surface area contributed by atoms with Gasteiger partial charge in [-0.2, -0.15) is 0 Å². The number of non-ortho nitro benzene ring substituents is 1. The van der Waals surface area contributed by atoms with Crippen LogP contribution in [0.1, 0.15) is 0 Å². The average Bonchev–Trinajstić information content (AvgIpc) is 2.38. The lowest BCUT2D eigenvalue weighted by Gasteiger charge is -2.26. The van der Waals surface area contributed by atoms with E-state index in [4.69, 9.17) is 9.47 Å². The third kappa shape index (κ3) is 3.40. The van der Waals surface area contributed by atoms with Crippen molar-refractivity contribution >= 4 is 5.69 Å². The van der Waals surface area contributed by atoms with E-state index in [-0.39, 0.29) is 5.69 Å². The molecule has 0 aliphatic carbocycles. The van der Waals surface area contributed by atoms with Gasteiger partial charge in [0.15, 0.2) is 0 Å². The van der Waals surface area contributed by atoms with Crippen LogP contribution in [0.3, 0.4) is 0 Å². The van der Waals surface area contributed by atoms with Crippen LogP contribution in [0.5, 0.6) is 5.75 Å². The van der Waals surface area contributed by atoms with Gasteiger partial charge >= 0.3 is 0 Å². The van der Waals surface area contributed by atoms with Gasteiger partial charge < -0.3 is 9.47 Å². The van der Waals surface area contributed by atoms with Crippen molar-refractivity contribution in [2.75, 3.05) is 33.0 Å². The molecule has 0 spiro atoms. The molecule has 1 aromatic rings. The van der Waals surface area contributed by atoms with Crippen LogP contribution in [0.4, 0.5) is 5.69 Å². The minimum absolute atomic E-state index is 0.0458. The molecule has 2 rings (SSSR count). The van der Waals surface area contributed by atoms with E-state index < -0.39 is 4.92 Å². The number of rotatable bonds is 4. The summed E-state index contributed by atoms with van der Waals surface area (Å²) in [6.07, 6.45) is 0. The quantitative estimate of drug-likeness (QED) is 0.583. The molecule has 0 atom stereocenters. The molecule has 0 aromatic heterocycles. The maximum atomic E-state index is 10.6. The zero-order chi connectivity index (χ0) is 12.1. The van der Waals surface area contributed by atoms with Crippen molar-refractivity contribution in [2.24, 2.45) is 0 Å². The molecule has 17 heavy (non-hydrogen) atoms. The summed E-state index contributed by atoms with van der Waals surface area (Å²) in [6.45, 7) is 3.50. The van der Waals surface area contributed by atoms with Gasteiger partial charge in [0.1, 0.15) is 12.5 Å². The third-order valence-corrected chi connectivity index (χ3v) is 2.55. The Morgan fingerprint density at radius 1 is 1.41 bits per heavy atom. The summed E-state index contributed by atoms with van der Waals surface area (Å²) in [5.74, 6) is 0.519. The van der Waals surface area contributed by atoms with Crippen molar-refractivity contribution in [3.8, 4) is 5.75 Å². The molecule has 6 heteroatoms. The fourth-order valence-corrected chi connectivity index (χ4v) is 1.58. The van der Waals surface area contributed by atoms with Crippen LogP contribution in [-0.2, 0) is 4.74 Å². The van der Waals surface area contributed by atoms with E-state index in [9.17, 15) is 10.1 Å². The molecule has 1 aromatic carbocycles. The molecule has 0 saturated carbocycles. The van der Waals surface area contributed by atoms with Crippen LogP contribution in [0.25, 0.3) is 0 Å². The first-order chi connectivity index (χ1) is 8.25. The number of nitro benzene ring substituents is 1. The number of hydrogen-bond donors (Lipinski definition) is 0. The van der Waals surface area contributed by atoms with Crippen LogP contribution in [0, 0.1) is 10.1 Å². The van der Waals surface area contributed by atoms with Gasteiger partial charge in [-0.3, -0.25) is 15.0 Å². The van der Waals surface area contributed by atoms with Gasteiger partial charge in [-0.05, 0) is 6.07 Å². The van der Waals surface area contributed by atoms with Crippen LogP contribution < -0.4 is 4.74 Å². The van der Waals surface area contributed by atoms with E-state index in [1.165, 1.54) is 12.1 Å². The molecule has 1 aliphatic heterocycles. The van der Waals surface area contributed by atoms with Crippen molar-refractivity contribution in [1.29, 1.82) is 0 Å². The molecule has 1 fully saturated rings. The van der Waals surface area contributed by atoms with Gasteiger partial charge in [0.2, 0.25) is 0 Å². The molecular weight excluding hydrogens is 224 g/mol. The Morgan fingerprint density at radius 3 is 2.88 bits per heavy atom. The van der Waals surface area contributed by atoms with Crippen molar-refractivity contribution in [1.82, 2.24) is 4.90 Å². The Labute approximate surface area is 98.9 Å². The molecule has 1 saturated heterocycles. The van der Waals surface area contributed by atoms with Gasteiger partial charge in [-0.15, -0.1) is 0 Å². The highest BCUT2D eigenvalue weighted by atomic mass is 16.6. The largest absolute Gasteiger partial charge is 0.478 e. The molecular formula is C11H14N2O4. The monoisotopic (exact) mass is 238 g/mol. The van der Waals surface area contributed by atoms with Crippen LogP contribution >= 0.6 is 0 Å². The van der Waals surface area contributed by atoms with Gasteiger partial charge in [-0.1, -0.05) is 6.07 Å². The molecule has 1 heterocycles. The summed E-state index contributed by atoms with van der Waals surface area (Å²) >= 11 is 0. The van der Waals surface area contributed by atoms with Crippen LogP contribution in [0.15, 0.2) is 24.3 Å². The van der Waals surface area contributed by atoms with E-state index in [1.54, 1.807) is 12.1 Å². The molecule has 0 bridgehead atoms. The minimum atomic E-state index is -0.429. The number of nitro groups is 1. The number of hydrogen-bond acceptors (Lipinski definition) is 5.